The number of fused-ring (bicyclic) bond motifs is 1. The van der Waals surface area contributed by atoms with Crippen molar-refractivity contribution in [1.29, 1.82) is 0 Å². The summed E-state index contributed by atoms with van der Waals surface area (Å²) in [5, 5.41) is 1.08. The van der Waals surface area contributed by atoms with Gasteiger partial charge in [0, 0.05) is 29.1 Å². The number of ether oxygens (including phenoxy) is 1. The Hall–Kier alpha value is -1.77. The van der Waals surface area contributed by atoms with Crippen molar-refractivity contribution in [3.8, 4) is 5.75 Å². The summed E-state index contributed by atoms with van der Waals surface area (Å²) in [6.45, 7) is 7.87. The number of benzene rings is 1. The summed E-state index contributed by atoms with van der Waals surface area (Å²) in [5.74, 6) is 1.09. The van der Waals surface area contributed by atoms with Crippen LogP contribution in [0.1, 0.15) is 33.3 Å². The number of rotatable bonds is 4. The normalized spacial score (nSPS) is 12.1. The Bertz CT molecular complexity index is 608. The van der Waals surface area contributed by atoms with Crippen LogP contribution in [0, 0.1) is 5.92 Å². The monoisotopic (exact) mass is 259 g/mol. The standard InChI is InChI=1S/C16H21NO2/c1-10(2)15(18)16(3,4)13-9-17-14-8-11(19-5)6-7-12(13)14/h6-10,17H,1-5H3. The zero-order valence-electron chi connectivity index (χ0n) is 12.2. The molecule has 1 N–H and O–H groups in total. The lowest BCUT2D eigenvalue weighted by Gasteiger charge is -2.25. The molecule has 3 heteroatoms. The molecule has 3 nitrogen and oxygen atoms in total. The van der Waals surface area contributed by atoms with Crippen LogP contribution < -0.4 is 4.74 Å². The van der Waals surface area contributed by atoms with Crippen molar-refractivity contribution < 1.29 is 9.53 Å². The van der Waals surface area contributed by atoms with Gasteiger partial charge >= 0.3 is 0 Å². The average molecular weight is 259 g/mol. The van der Waals surface area contributed by atoms with Gasteiger partial charge in [-0.3, -0.25) is 4.79 Å². The molecule has 2 rings (SSSR count). The van der Waals surface area contributed by atoms with E-state index in [2.05, 4.69) is 4.98 Å². The van der Waals surface area contributed by atoms with Crippen molar-refractivity contribution in [3.63, 3.8) is 0 Å². The molecule has 0 saturated heterocycles. The molecule has 0 atom stereocenters. The first-order chi connectivity index (χ1) is 8.87. The Labute approximate surface area is 114 Å². The lowest BCUT2D eigenvalue weighted by Crippen LogP contribution is -2.32. The number of carbonyl (C=O) groups is 1. The fraction of sp³-hybridized carbons (Fsp3) is 0.438. The quantitative estimate of drug-likeness (QED) is 0.910. The Kier molecular flexibility index (Phi) is 3.40. The van der Waals surface area contributed by atoms with E-state index in [1.54, 1.807) is 7.11 Å². The molecule has 0 aliphatic rings. The Morgan fingerprint density at radius 1 is 1.32 bits per heavy atom. The van der Waals surface area contributed by atoms with E-state index in [9.17, 15) is 4.79 Å². The van der Waals surface area contributed by atoms with Crippen LogP contribution in [0.25, 0.3) is 10.9 Å². The summed E-state index contributed by atoms with van der Waals surface area (Å²) in [7, 11) is 1.65. The van der Waals surface area contributed by atoms with E-state index in [4.69, 9.17) is 4.74 Å². The van der Waals surface area contributed by atoms with Gasteiger partial charge in [0.05, 0.1) is 12.5 Å². The van der Waals surface area contributed by atoms with Gasteiger partial charge in [-0.2, -0.15) is 0 Å². The molecule has 1 aromatic heterocycles. The summed E-state index contributed by atoms with van der Waals surface area (Å²) in [6, 6.07) is 5.89. The van der Waals surface area contributed by atoms with E-state index < -0.39 is 5.41 Å². The van der Waals surface area contributed by atoms with Crippen molar-refractivity contribution in [2.24, 2.45) is 5.92 Å². The molecule has 0 aliphatic carbocycles. The molecule has 0 aliphatic heterocycles. The summed E-state index contributed by atoms with van der Waals surface area (Å²) in [4.78, 5) is 15.6. The highest BCUT2D eigenvalue weighted by Gasteiger charge is 2.33. The predicted molar refractivity (Wildman–Crippen MR) is 77.7 cm³/mol. The number of hydrogen-bond acceptors (Lipinski definition) is 2. The van der Waals surface area contributed by atoms with Crippen molar-refractivity contribution in [3.05, 3.63) is 30.0 Å². The topological polar surface area (TPSA) is 42.1 Å². The maximum absolute atomic E-state index is 12.4. The second-order valence-electron chi connectivity index (χ2n) is 5.76. The highest BCUT2D eigenvalue weighted by Crippen LogP contribution is 2.34. The minimum absolute atomic E-state index is 0.0261. The van der Waals surface area contributed by atoms with E-state index >= 15 is 0 Å². The minimum Gasteiger partial charge on any atom is -0.497 e. The van der Waals surface area contributed by atoms with Crippen LogP contribution in [0.3, 0.4) is 0 Å². The van der Waals surface area contributed by atoms with Crippen LogP contribution in [-0.4, -0.2) is 17.9 Å². The van der Waals surface area contributed by atoms with Gasteiger partial charge in [0.25, 0.3) is 0 Å². The zero-order valence-corrected chi connectivity index (χ0v) is 12.2. The van der Waals surface area contributed by atoms with Gasteiger partial charge in [0.1, 0.15) is 11.5 Å². The van der Waals surface area contributed by atoms with Gasteiger partial charge in [-0.05, 0) is 31.5 Å². The molecule has 0 unspecified atom stereocenters. The molecular weight excluding hydrogens is 238 g/mol. The number of ketones is 1. The molecule has 0 saturated carbocycles. The van der Waals surface area contributed by atoms with Gasteiger partial charge in [0.15, 0.2) is 0 Å². The lowest BCUT2D eigenvalue weighted by molar-refractivity contribution is -0.126. The van der Waals surface area contributed by atoms with E-state index in [-0.39, 0.29) is 11.7 Å². The molecule has 0 radical (unpaired) electrons. The third kappa shape index (κ3) is 2.25. The number of carbonyl (C=O) groups excluding carboxylic acids is 1. The number of hydrogen-bond donors (Lipinski definition) is 1. The number of nitrogens with one attached hydrogen (secondary N) is 1. The Morgan fingerprint density at radius 2 is 2.00 bits per heavy atom. The summed E-state index contributed by atoms with van der Waals surface area (Å²) in [5.41, 5.74) is 1.56. The highest BCUT2D eigenvalue weighted by molar-refractivity contribution is 5.96. The van der Waals surface area contributed by atoms with E-state index in [0.29, 0.717) is 0 Å². The highest BCUT2D eigenvalue weighted by atomic mass is 16.5. The van der Waals surface area contributed by atoms with Crippen LogP contribution in [-0.2, 0) is 10.2 Å². The van der Waals surface area contributed by atoms with Crippen LogP contribution in [0.5, 0.6) is 5.75 Å². The maximum atomic E-state index is 12.4. The second kappa shape index (κ2) is 4.72. The van der Waals surface area contributed by atoms with Gasteiger partial charge < -0.3 is 9.72 Å². The number of methoxy groups -OCH3 is 1. The Balaban J connectivity index is 2.54. The van der Waals surface area contributed by atoms with Crippen LogP contribution in [0.15, 0.2) is 24.4 Å². The predicted octanol–water partition coefficient (Wildman–Crippen LogP) is 3.68. The SMILES string of the molecule is COc1ccc2c(C(C)(C)C(=O)C(C)C)c[nH]c2c1. The first-order valence-electron chi connectivity index (χ1n) is 6.58. The molecule has 0 spiro atoms. The average Bonchev–Trinajstić information content (AvgIpc) is 2.80. The molecule has 0 fully saturated rings. The van der Waals surface area contributed by atoms with Crippen molar-refractivity contribution in [2.75, 3.05) is 7.11 Å². The third-order valence-electron chi connectivity index (χ3n) is 3.70. The maximum Gasteiger partial charge on any atom is 0.145 e. The van der Waals surface area contributed by atoms with Crippen LogP contribution >= 0.6 is 0 Å². The van der Waals surface area contributed by atoms with Gasteiger partial charge in [-0.15, -0.1) is 0 Å². The second-order valence-corrected chi connectivity index (χ2v) is 5.76. The Morgan fingerprint density at radius 3 is 2.58 bits per heavy atom. The largest absolute Gasteiger partial charge is 0.497 e. The minimum atomic E-state index is -0.485. The van der Waals surface area contributed by atoms with Crippen molar-refractivity contribution >= 4 is 16.7 Å². The van der Waals surface area contributed by atoms with Crippen LogP contribution in [0.4, 0.5) is 0 Å². The molecule has 0 bridgehead atoms. The fourth-order valence-corrected chi connectivity index (χ4v) is 2.60. The van der Waals surface area contributed by atoms with Crippen molar-refractivity contribution in [2.45, 2.75) is 33.1 Å². The van der Waals surface area contributed by atoms with E-state index in [0.717, 1.165) is 22.2 Å². The van der Waals surface area contributed by atoms with Crippen LogP contribution in [0.2, 0.25) is 0 Å². The molecule has 102 valence electrons. The molecular formula is C16H21NO2. The zero-order chi connectivity index (χ0) is 14.2. The number of H-pyrrole nitrogens is 1. The van der Waals surface area contributed by atoms with Gasteiger partial charge in [-0.1, -0.05) is 13.8 Å². The molecule has 0 amide bonds. The first kappa shape index (κ1) is 13.7. The fourth-order valence-electron chi connectivity index (χ4n) is 2.60. The smallest absolute Gasteiger partial charge is 0.145 e. The summed E-state index contributed by atoms with van der Waals surface area (Å²) in [6.07, 6.45) is 1.93. The van der Waals surface area contributed by atoms with Gasteiger partial charge in [-0.25, -0.2) is 0 Å². The molecule has 2 aromatic rings. The number of aromatic amines is 1. The molecule has 1 heterocycles. The number of Topliss-reactive ketones (excluding diaryl/α,β-unsaturated/α-hetero) is 1. The summed E-state index contributed by atoms with van der Waals surface area (Å²) < 4.78 is 5.22. The third-order valence-corrected chi connectivity index (χ3v) is 3.70. The first-order valence-corrected chi connectivity index (χ1v) is 6.58. The molecule has 19 heavy (non-hydrogen) atoms. The number of aromatic nitrogens is 1. The molecule has 1 aromatic carbocycles. The van der Waals surface area contributed by atoms with Gasteiger partial charge in [0.2, 0.25) is 0 Å². The summed E-state index contributed by atoms with van der Waals surface area (Å²) >= 11 is 0. The lowest BCUT2D eigenvalue weighted by atomic mass is 9.76. The van der Waals surface area contributed by atoms with E-state index in [1.165, 1.54) is 0 Å². The van der Waals surface area contributed by atoms with E-state index in [1.807, 2.05) is 52.1 Å². The van der Waals surface area contributed by atoms with Crippen molar-refractivity contribution in [1.82, 2.24) is 4.98 Å².